The number of pyridine rings is 1. The predicted molar refractivity (Wildman–Crippen MR) is 83.0 cm³/mol. The normalized spacial score (nSPS) is 10.3. The second-order valence-electron chi connectivity index (χ2n) is 3.14. The Morgan fingerprint density at radius 2 is 1.72 bits per heavy atom. The first kappa shape index (κ1) is 18.8. The third-order valence-electron chi connectivity index (χ3n) is 2.08. The van der Waals surface area contributed by atoms with Crippen molar-refractivity contribution in [2.45, 2.75) is 48.5 Å². The summed E-state index contributed by atoms with van der Waals surface area (Å²) in [5.74, 6) is 0. The van der Waals surface area contributed by atoms with Crippen LogP contribution in [0.15, 0.2) is 35.3 Å². The van der Waals surface area contributed by atoms with Crippen LogP contribution in [-0.2, 0) is 0 Å². The molecule has 0 aliphatic rings. The van der Waals surface area contributed by atoms with Crippen molar-refractivity contribution in [2.75, 3.05) is 0 Å². The minimum absolute atomic E-state index is 0.0234. The van der Waals surface area contributed by atoms with Crippen molar-refractivity contribution >= 4 is 5.57 Å². The lowest BCUT2D eigenvalue weighted by molar-refractivity contribution is 1.17. The van der Waals surface area contributed by atoms with Gasteiger partial charge >= 0.3 is 0 Å². The van der Waals surface area contributed by atoms with Crippen LogP contribution in [0.3, 0.4) is 0 Å². The van der Waals surface area contributed by atoms with E-state index in [1.807, 2.05) is 72.8 Å². The molecule has 1 N–H and O–H groups in total. The van der Waals surface area contributed by atoms with E-state index in [4.69, 9.17) is 0 Å². The fourth-order valence-electron chi connectivity index (χ4n) is 1.30. The lowest BCUT2D eigenvalue weighted by atomic mass is 10.1. The van der Waals surface area contributed by atoms with Gasteiger partial charge in [0.15, 0.2) is 0 Å². The van der Waals surface area contributed by atoms with Crippen LogP contribution in [0.4, 0.5) is 0 Å². The Hall–Kier alpha value is -1.57. The topological polar surface area (TPSA) is 32.9 Å². The van der Waals surface area contributed by atoms with E-state index in [0.717, 1.165) is 16.7 Å². The summed E-state index contributed by atoms with van der Waals surface area (Å²) in [6, 6.07) is 1.90. The molecule has 1 aromatic heterocycles. The SMILES string of the molecule is C/C=C\C(=C/C)c1c[nH]c(=O)c(C)c1.CC.CC. The first-order valence-electron chi connectivity index (χ1n) is 6.67. The zero-order valence-corrected chi connectivity index (χ0v) is 12.8. The molecule has 0 aliphatic heterocycles. The Labute approximate surface area is 111 Å². The summed E-state index contributed by atoms with van der Waals surface area (Å²) in [6.45, 7) is 13.8. The van der Waals surface area contributed by atoms with Crippen molar-refractivity contribution in [2.24, 2.45) is 0 Å². The Bertz CT molecular complexity index is 425. The molecule has 18 heavy (non-hydrogen) atoms. The molecule has 102 valence electrons. The molecule has 0 atom stereocenters. The van der Waals surface area contributed by atoms with Crippen LogP contribution in [-0.4, -0.2) is 4.98 Å². The molecule has 0 fully saturated rings. The summed E-state index contributed by atoms with van der Waals surface area (Å²) >= 11 is 0. The largest absolute Gasteiger partial charge is 0.328 e. The molecular formula is C16H27NO. The number of H-pyrrole nitrogens is 1. The van der Waals surface area contributed by atoms with E-state index >= 15 is 0 Å². The molecule has 0 amide bonds. The Morgan fingerprint density at radius 3 is 2.11 bits per heavy atom. The van der Waals surface area contributed by atoms with Gasteiger partial charge in [-0.3, -0.25) is 4.79 Å². The second-order valence-corrected chi connectivity index (χ2v) is 3.14. The van der Waals surface area contributed by atoms with Gasteiger partial charge in [0.1, 0.15) is 0 Å². The van der Waals surface area contributed by atoms with Crippen LogP contribution >= 0.6 is 0 Å². The lowest BCUT2D eigenvalue weighted by Gasteiger charge is -2.02. The number of hydrogen-bond acceptors (Lipinski definition) is 1. The zero-order valence-electron chi connectivity index (χ0n) is 12.8. The zero-order chi connectivity index (χ0) is 14.6. The number of nitrogens with one attached hydrogen (secondary N) is 1. The third kappa shape index (κ3) is 6.24. The summed E-state index contributed by atoms with van der Waals surface area (Å²) in [5.41, 5.74) is 2.88. The summed E-state index contributed by atoms with van der Waals surface area (Å²) in [6.07, 6.45) is 7.76. The maximum Gasteiger partial charge on any atom is 0.250 e. The Morgan fingerprint density at radius 1 is 1.17 bits per heavy atom. The van der Waals surface area contributed by atoms with Gasteiger partial charge in [-0.1, -0.05) is 45.9 Å². The molecule has 0 radical (unpaired) electrons. The first-order chi connectivity index (χ1) is 8.69. The summed E-state index contributed by atoms with van der Waals surface area (Å²) < 4.78 is 0. The number of aryl methyl sites for hydroxylation is 1. The molecule has 1 heterocycles. The molecule has 1 aromatic rings. The highest BCUT2D eigenvalue weighted by atomic mass is 16.1. The smallest absolute Gasteiger partial charge is 0.250 e. The average Bonchev–Trinajstić information content (AvgIpc) is 2.44. The summed E-state index contributed by atoms with van der Waals surface area (Å²) in [4.78, 5) is 13.9. The van der Waals surface area contributed by atoms with Crippen LogP contribution in [0.5, 0.6) is 0 Å². The molecule has 0 aliphatic carbocycles. The highest BCUT2D eigenvalue weighted by Crippen LogP contribution is 2.14. The van der Waals surface area contributed by atoms with Gasteiger partial charge in [-0.05, 0) is 38.0 Å². The van der Waals surface area contributed by atoms with Crippen LogP contribution in [0.2, 0.25) is 0 Å². The van der Waals surface area contributed by atoms with E-state index in [9.17, 15) is 4.79 Å². The Kier molecular flexibility index (Phi) is 12.4. The molecule has 0 unspecified atom stereocenters. The second kappa shape index (κ2) is 11.9. The van der Waals surface area contributed by atoms with Gasteiger partial charge in [-0.15, -0.1) is 0 Å². The average molecular weight is 249 g/mol. The predicted octanol–water partition coefficient (Wildman–Crippen LogP) is 4.72. The molecule has 0 aromatic carbocycles. The van der Waals surface area contributed by atoms with Gasteiger partial charge in [0, 0.05) is 11.8 Å². The van der Waals surface area contributed by atoms with Gasteiger partial charge < -0.3 is 4.98 Å². The Balaban J connectivity index is 0. The van der Waals surface area contributed by atoms with Gasteiger partial charge in [0.25, 0.3) is 5.56 Å². The highest BCUT2D eigenvalue weighted by Gasteiger charge is 1.99. The minimum atomic E-state index is -0.0234. The molecular weight excluding hydrogens is 222 g/mol. The molecule has 0 saturated carbocycles. The molecule has 2 heteroatoms. The van der Waals surface area contributed by atoms with Gasteiger partial charge in [-0.25, -0.2) is 0 Å². The van der Waals surface area contributed by atoms with E-state index in [2.05, 4.69) is 4.98 Å². The van der Waals surface area contributed by atoms with Crippen LogP contribution in [0.1, 0.15) is 52.7 Å². The van der Waals surface area contributed by atoms with Gasteiger partial charge in [-0.2, -0.15) is 0 Å². The van der Waals surface area contributed by atoms with Crippen molar-refractivity contribution in [1.29, 1.82) is 0 Å². The van der Waals surface area contributed by atoms with Crippen molar-refractivity contribution in [3.63, 3.8) is 0 Å². The quantitative estimate of drug-likeness (QED) is 0.756. The van der Waals surface area contributed by atoms with E-state index in [1.54, 1.807) is 6.20 Å². The van der Waals surface area contributed by atoms with Crippen molar-refractivity contribution in [1.82, 2.24) is 4.98 Å². The van der Waals surface area contributed by atoms with E-state index in [1.165, 1.54) is 0 Å². The fourth-order valence-corrected chi connectivity index (χ4v) is 1.30. The summed E-state index contributed by atoms with van der Waals surface area (Å²) in [7, 11) is 0. The number of allylic oxidation sites excluding steroid dienone is 4. The number of rotatable bonds is 2. The van der Waals surface area contributed by atoms with Crippen LogP contribution in [0, 0.1) is 6.92 Å². The summed E-state index contributed by atoms with van der Waals surface area (Å²) in [5, 5.41) is 0. The number of hydrogen-bond donors (Lipinski definition) is 1. The molecule has 0 saturated heterocycles. The van der Waals surface area contributed by atoms with Crippen LogP contribution in [0.25, 0.3) is 5.57 Å². The third-order valence-corrected chi connectivity index (χ3v) is 2.08. The fraction of sp³-hybridized carbons (Fsp3) is 0.438. The van der Waals surface area contributed by atoms with Gasteiger partial charge in [0.2, 0.25) is 0 Å². The van der Waals surface area contributed by atoms with Gasteiger partial charge in [0.05, 0.1) is 0 Å². The molecule has 1 rings (SSSR count). The molecule has 2 nitrogen and oxygen atoms in total. The van der Waals surface area contributed by atoms with Crippen molar-refractivity contribution < 1.29 is 0 Å². The first-order valence-corrected chi connectivity index (χ1v) is 6.67. The van der Waals surface area contributed by atoms with E-state index in [-0.39, 0.29) is 5.56 Å². The number of aromatic nitrogens is 1. The van der Waals surface area contributed by atoms with Crippen LogP contribution < -0.4 is 5.56 Å². The monoisotopic (exact) mass is 249 g/mol. The van der Waals surface area contributed by atoms with E-state index in [0.29, 0.717) is 0 Å². The molecule has 0 spiro atoms. The van der Waals surface area contributed by atoms with Crippen molar-refractivity contribution in [3.05, 3.63) is 52.0 Å². The minimum Gasteiger partial charge on any atom is -0.328 e. The van der Waals surface area contributed by atoms with Crippen molar-refractivity contribution in [3.8, 4) is 0 Å². The van der Waals surface area contributed by atoms with E-state index < -0.39 is 0 Å². The lowest BCUT2D eigenvalue weighted by Crippen LogP contribution is -2.08. The standard InChI is InChI=1S/C12H15NO.2C2H6/c1-4-6-10(5-2)11-7-9(3)12(14)13-8-11;2*1-2/h4-8H,1-3H3,(H,13,14);2*1-2H3/b6-4-,10-5+;;. The number of aromatic amines is 1. The maximum absolute atomic E-state index is 11.1. The highest BCUT2D eigenvalue weighted by molar-refractivity contribution is 5.73. The maximum atomic E-state index is 11.1. The molecule has 0 bridgehead atoms.